The summed E-state index contributed by atoms with van der Waals surface area (Å²) < 4.78 is 0. The van der Waals surface area contributed by atoms with Gasteiger partial charge in [-0.1, -0.05) is 0 Å². The molecule has 1 heterocycles. The van der Waals surface area contributed by atoms with Gasteiger partial charge >= 0.3 is 5.97 Å². The van der Waals surface area contributed by atoms with Gasteiger partial charge in [0.25, 0.3) is 0 Å². The van der Waals surface area contributed by atoms with Crippen molar-refractivity contribution in [2.75, 3.05) is 20.1 Å². The maximum atomic E-state index is 11.2. The fourth-order valence-corrected chi connectivity index (χ4v) is 1.67. The van der Waals surface area contributed by atoms with E-state index in [1.807, 2.05) is 0 Å². The zero-order chi connectivity index (χ0) is 10.6. The predicted octanol–water partition coefficient (Wildman–Crippen LogP) is -0.328. The highest BCUT2D eigenvalue weighted by molar-refractivity contribution is 5.77. The molecule has 1 atom stereocenters. The first-order chi connectivity index (χ1) is 6.59. The summed E-state index contributed by atoms with van der Waals surface area (Å²) in [7, 11) is 1.75. The van der Waals surface area contributed by atoms with Crippen LogP contribution in [0.25, 0.3) is 0 Å². The molecule has 0 bridgehead atoms. The summed E-state index contributed by atoms with van der Waals surface area (Å²) in [5.74, 6) is -0.832. The maximum absolute atomic E-state index is 11.2. The van der Waals surface area contributed by atoms with Crippen LogP contribution in [-0.2, 0) is 9.59 Å². The first-order valence-electron chi connectivity index (χ1n) is 4.78. The second-order valence-electron chi connectivity index (χ2n) is 3.66. The van der Waals surface area contributed by atoms with Crippen LogP contribution < -0.4 is 5.32 Å². The van der Waals surface area contributed by atoms with Gasteiger partial charge in [-0.15, -0.1) is 0 Å². The highest BCUT2D eigenvalue weighted by atomic mass is 16.4. The number of carboxylic acids is 1. The van der Waals surface area contributed by atoms with Gasteiger partial charge < -0.3 is 10.4 Å². The molecule has 14 heavy (non-hydrogen) atoms. The van der Waals surface area contributed by atoms with Crippen molar-refractivity contribution in [2.45, 2.75) is 25.3 Å². The highest BCUT2D eigenvalue weighted by Gasteiger charge is 2.22. The summed E-state index contributed by atoms with van der Waals surface area (Å²) in [4.78, 5) is 23.4. The Balaban J connectivity index is 2.47. The van der Waals surface area contributed by atoms with Gasteiger partial charge in [0, 0.05) is 19.0 Å². The zero-order valence-corrected chi connectivity index (χ0v) is 8.32. The number of aliphatic carboxylic acids is 1. The summed E-state index contributed by atoms with van der Waals surface area (Å²) in [6.07, 6.45) is 2.20. The average molecular weight is 200 g/mol. The van der Waals surface area contributed by atoms with Crippen LogP contribution in [-0.4, -0.2) is 48.1 Å². The van der Waals surface area contributed by atoms with Crippen molar-refractivity contribution in [1.29, 1.82) is 0 Å². The molecule has 0 saturated carbocycles. The predicted molar refractivity (Wildman–Crippen MR) is 50.9 cm³/mol. The minimum Gasteiger partial charge on any atom is -0.480 e. The van der Waals surface area contributed by atoms with Crippen LogP contribution in [0.2, 0.25) is 0 Å². The Morgan fingerprint density at radius 2 is 2.43 bits per heavy atom. The van der Waals surface area contributed by atoms with Crippen molar-refractivity contribution >= 4 is 11.9 Å². The molecule has 0 aromatic rings. The highest BCUT2D eigenvalue weighted by Crippen LogP contribution is 2.11. The van der Waals surface area contributed by atoms with Crippen molar-refractivity contribution in [3.05, 3.63) is 0 Å². The standard InChI is InChI=1S/C9H16N2O3/c1-11(6-9(13)14)7-3-2-4-10-8(12)5-7/h7H,2-6H2,1H3,(H,10,12)(H,13,14). The average Bonchev–Trinajstić information content (AvgIpc) is 2.28. The molecule has 0 aromatic heterocycles. The van der Waals surface area contributed by atoms with Crippen LogP contribution in [0.15, 0.2) is 0 Å². The van der Waals surface area contributed by atoms with E-state index in [0.717, 1.165) is 12.8 Å². The maximum Gasteiger partial charge on any atom is 0.317 e. The van der Waals surface area contributed by atoms with Gasteiger partial charge in [0.05, 0.1) is 6.54 Å². The molecule has 1 aliphatic rings. The lowest BCUT2D eigenvalue weighted by Gasteiger charge is -2.24. The van der Waals surface area contributed by atoms with E-state index in [1.54, 1.807) is 11.9 Å². The minimum absolute atomic E-state index is 0.00204. The van der Waals surface area contributed by atoms with Gasteiger partial charge in [-0.3, -0.25) is 14.5 Å². The van der Waals surface area contributed by atoms with Crippen molar-refractivity contribution in [2.24, 2.45) is 0 Å². The normalized spacial score (nSPS) is 23.0. The first kappa shape index (κ1) is 11.0. The number of hydrogen-bond donors (Lipinski definition) is 2. The second kappa shape index (κ2) is 4.95. The van der Waals surface area contributed by atoms with Crippen LogP contribution in [0.5, 0.6) is 0 Å². The van der Waals surface area contributed by atoms with Crippen molar-refractivity contribution in [3.63, 3.8) is 0 Å². The number of nitrogens with zero attached hydrogens (tertiary/aromatic N) is 1. The first-order valence-corrected chi connectivity index (χ1v) is 4.78. The summed E-state index contributed by atoms with van der Waals surface area (Å²) in [5, 5.41) is 11.4. The fourth-order valence-electron chi connectivity index (χ4n) is 1.67. The van der Waals surface area contributed by atoms with Crippen LogP contribution in [0.3, 0.4) is 0 Å². The Kier molecular flexibility index (Phi) is 3.88. The second-order valence-corrected chi connectivity index (χ2v) is 3.66. The molecule has 1 amide bonds. The molecular weight excluding hydrogens is 184 g/mol. The van der Waals surface area contributed by atoms with E-state index >= 15 is 0 Å². The van der Waals surface area contributed by atoms with Crippen LogP contribution >= 0.6 is 0 Å². The summed E-state index contributed by atoms with van der Waals surface area (Å²) in [6, 6.07) is 0.0635. The molecule has 80 valence electrons. The Morgan fingerprint density at radius 3 is 3.07 bits per heavy atom. The van der Waals surface area contributed by atoms with E-state index < -0.39 is 5.97 Å². The van der Waals surface area contributed by atoms with E-state index in [0.29, 0.717) is 13.0 Å². The monoisotopic (exact) mass is 200 g/mol. The Morgan fingerprint density at radius 1 is 1.71 bits per heavy atom. The van der Waals surface area contributed by atoms with Gasteiger partial charge in [0.2, 0.25) is 5.91 Å². The number of nitrogens with one attached hydrogen (secondary N) is 1. The molecule has 1 aliphatic heterocycles. The number of carbonyl (C=O) groups is 2. The number of carbonyl (C=O) groups excluding carboxylic acids is 1. The number of carboxylic acid groups (broad SMARTS) is 1. The SMILES string of the molecule is CN(CC(=O)O)C1CCCNC(=O)C1. The third-order valence-electron chi connectivity index (χ3n) is 2.47. The molecule has 0 radical (unpaired) electrons. The number of hydrogen-bond acceptors (Lipinski definition) is 3. The van der Waals surface area contributed by atoms with Crippen LogP contribution in [0.4, 0.5) is 0 Å². The van der Waals surface area contributed by atoms with E-state index in [2.05, 4.69) is 5.32 Å². The van der Waals surface area contributed by atoms with E-state index in [1.165, 1.54) is 0 Å². The molecule has 1 saturated heterocycles. The topological polar surface area (TPSA) is 69.6 Å². The molecule has 1 unspecified atom stereocenters. The van der Waals surface area contributed by atoms with Crippen molar-refractivity contribution in [3.8, 4) is 0 Å². The van der Waals surface area contributed by atoms with Crippen molar-refractivity contribution < 1.29 is 14.7 Å². The zero-order valence-electron chi connectivity index (χ0n) is 8.32. The van der Waals surface area contributed by atoms with Gasteiger partial charge in [0.15, 0.2) is 0 Å². The van der Waals surface area contributed by atoms with Gasteiger partial charge in [-0.25, -0.2) is 0 Å². The van der Waals surface area contributed by atoms with Crippen LogP contribution in [0, 0.1) is 0 Å². The molecule has 0 aliphatic carbocycles. The molecule has 2 N–H and O–H groups in total. The van der Waals surface area contributed by atoms with E-state index in [9.17, 15) is 9.59 Å². The lowest BCUT2D eigenvalue weighted by atomic mass is 10.1. The third-order valence-corrected chi connectivity index (χ3v) is 2.47. The lowest BCUT2D eigenvalue weighted by molar-refractivity contribution is -0.139. The Labute approximate surface area is 83.1 Å². The molecule has 0 spiro atoms. The van der Waals surface area contributed by atoms with E-state index in [-0.39, 0.29) is 18.5 Å². The van der Waals surface area contributed by atoms with Gasteiger partial charge in [-0.05, 0) is 19.9 Å². The molecular formula is C9H16N2O3. The summed E-state index contributed by atoms with van der Waals surface area (Å²) in [6.45, 7) is 0.703. The van der Waals surface area contributed by atoms with Gasteiger partial charge in [-0.2, -0.15) is 0 Å². The molecule has 1 rings (SSSR count). The summed E-state index contributed by atoms with van der Waals surface area (Å²) in [5.41, 5.74) is 0. The number of likely N-dealkylation sites (N-methyl/N-ethyl adjacent to an activating group) is 1. The number of amides is 1. The lowest BCUT2D eigenvalue weighted by Crippen LogP contribution is -2.37. The van der Waals surface area contributed by atoms with E-state index in [4.69, 9.17) is 5.11 Å². The fraction of sp³-hybridized carbons (Fsp3) is 0.778. The number of rotatable bonds is 3. The molecule has 5 heteroatoms. The molecule has 1 fully saturated rings. The Hall–Kier alpha value is -1.10. The largest absolute Gasteiger partial charge is 0.480 e. The molecule has 5 nitrogen and oxygen atoms in total. The van der Waals surface area contributed by atoms with Gasteiger partial charge in [0.1, 0.15) is 0 Å². The Bertz CT molecular complexity index is 230. The quantitative estimate of drug-likeness (QED) is 0.654. The van der Waals surface area contributed by atoms with Crippen molar-refractivity contribution in [1.82, 2.24) is 10.2 Å². The third kappa shape index (κ3) is 3.33. The summed E-state index contributed by atoms with van der Waals surface area (Å²) >= 11 is 0. The minimum atomic E-state index is -0.850. The molecule has 0 aromatic carbocycles. The van der Waals surface area contributed by atoms with Crippen LogP contribution in [0.1, 0.15) is 19.3 Å². The smallest absolute Gasteiger partial charge is 0.317 e.